The molecule has 11 rings (SSSR count). The monoisotopic (exact) mass is 721 g/mol. The van der Waals surface area contributed by atoms with Gasteiger partial charge in [-0.15, -0.1) is 0 Å². The summed E-state index contributed by atoms with van der Waals surface area (Å²) >= 11 is 0. The standard InChI is InChI=1S/C52H39N3O/c1-5-15-34(16-6-1)38-27-29-40-41-30-28-39(35-17-7-2-8-18-35)32-48(41)55(47(40)31-38)46-25-13-23-42-50-43(24-14-26-49(50)56-51(42)46)52-53-44(36-19-9-3-10-20-36)33-45(54-52)37-21-11-4-12-22-37/h1-17,19-33,35,44,52-54H,18H2. The van der Waals surface area contributed by atoms with Gasteiger partial charge in [0, 0.05) is 38.7 Å². The smallest absolute Gasteiger partial charge is 0.159 e. The first-order chi connectivity index (χ1) is 27.8. The molecule has 2 aliphatic rings. The SMILES string of the molecule is C1=CCC(c2ccc3c4ccc(-c5ccccc5)cc4n(-c4cccc5c4oc4cccc(C6NC(c7ccccc7)=CC(c7ccccc7)N6)c45)c3c2)C=C1. The Morgan fingerprint density at radius 1 is 0.571 bits per heavy atom. The van der Waals surface area contributed by atoms with Gasteiger partial charge in [-0.3, -0.25) is 5.32 Å². The van der Waals surface area contributed by atoms with E-state index in [9.17, 15) is 0 Å². The largest absolute Gasteiger partial charge is 0.454 e. The zero-order valence-electron chi connectivity index (χ0n) is 30.8. The number of aromatic nitrogens is 1. The normalized spacial score (nSPS) is 18.1. The van der Waals surface area contributed by atoms with Crippen molar-refractivity contribution in [2.45, 2.75) is 24.5 Å². The van der Waals surface area contributed by atoms with Crippen molar-refractivity contribution in [3.63, 3.8) is 0 Å². The van der Waals surface area contributed by atoms with Crippen LogP contribution in [0.3, 0.4) is 0 Å². The predicted octanol–water partition coefficient (Wildman–Crippen LogP) is 12.9. The minimum Gasteiger partial charge on any atom is -0.454 e. The van der Waals surface area contributed by atoms with E-state index in [0.717, 1.165) is 56.4 Å². The van der Waals surface area contributed by atoms with E-state index in [1.807, 2.05) is 0 Å². The van der Waals surface area contributed by atoms with Crippen LogP contribution in [0.25, 0.3) is 66.3 Å². The highest BCUT2D eigenvalue weighted by molar-refractivity contribution is 6.14. The summed E-state index contributed by atoms with van der Waals surface area (Å²) in [5.41, 5.74) is 13.4. The van der Waals surface area contributed by atoms with Crippen LogP contribution in [0.1, 0.15) is 46.8 Å². The van der Waals surface area contributed by atoms with Crippen LogP contribution in [0.4, 0.5) is 0 Å². The molecule has 0 spiro atoms. The predicted molar refractivity (Wildman–Crippen MR) is 232 cm³/mol. The average molecular weight is 722 g/mol. The van der Waals surface area contributed by atoms with Gasteiger partial charge in [-0.25, -0.2) is 0 Å². The Labute approximate surface area is 325 Å². The number of nitrogens with one attached hydrogen (secondary N) is 2. The molecule has 0 saturated carbocycles. The number of allylic oxidation sites excluding steroid dienone is 4. The van der Waals surface area contributed by atoms with Gasteiger partial charge in [0.1, 0.15) is 11.7 Å². The van der Waals surface area contributed by atoms with Crippen LogP contribution in [0, 0.1) is 0 Å². The van der Waals surface area contributed by atoms with Crippen molar-refractivity contribution in [3.8, 4) is 16.8 Å². The van der Waals surface area contributed by atoms with Crippen LogP contribution in [0.5, 0.6) is 0 Å². The fourth-order valence-electron chi connectivity index (χ4n) is 8.90. The van der Waals surface area contributed by atoms with Gasteiger partial charge in [0.25, 0.3) is 0 Å². The van der Waals surface area contributed by atoms with Gasteiger partial charge in [0.15, 0.2) is 5.58 Å². The summed E-state index contributed by atoms with van der Waals surface area (Å²) in [6.45, 7) is 0. The Balaban J connectivity index is 1.11. The topological polar surface area (TPSA) is 42.1 Å². The van der Waals surface area contributed by atoms with Crippen molar-refractivity contribution in [1.82, 2.24) is 15.2 Å². The minimum atomic E-state index is -0.171. The summed E-state index contributed by atoms with van der Waals surface area (Å²) in [6.07, 6.45) is 12.0. The Bertz CT molecular complexity index is 3010. The van der Waals surface area contributed by atoms with Crippen LogP contribution in [-0.2, 0) is 0 Å². The minimum absolute atomic E-state index is 0.0155. The van der Waals surface area contributed by atoms with Crippen LogP contribution < -0.4 is 10.6 Å². The maximum absolute atomic E-state index is 7.01. The van der Waals surface area contributed by atoms with Crippen molar-refractivity contribution in [2.24, 2.45) is 0 Å². The first-order valence-electron chi connectivity index (χ1n) is 19.5. The lowest BCUT2D eigenvalue weighted by Gasteiger charge is -2.33. The van der Waals surface area contributed by atoms with Gasteiger partial charge >= 0.3 is 0 Å². The highest BCUT2D eigenvalue weighted by Gasteiger charge is 2.28. The average Bonchev–Trinajstić information content (AvgIpc) is 3.83. The van der Waals surface area contributed by atoms with E-state index in [0.29, 0.717) is 5.92 Å². The Morgan fingerprint density at radius 3 is 2.09 bits per heavy atom. The van der Waals surface area contributed by atoms with E-state index in [2.05, 4.69) is 209 Å². The molecule has 268 valence electrons. The third-order valence-electron chi connectivity index (χ3n) is 11.6. The number of furan rings is 1. The maximum atomic E-state index is 7.01. The first kappa shape index (κ1) is 32.5. The molecule has 0 radical (unpaired) electrons. The van der Waals surface area contributed by atoms with Gasteiger partial charge in [-0.2, -0.15) is 0 Å². The first-order valence-corrected chi connectivity index (χ1v) is 19.5. The molecule has 3 heterocycles. The van der Waals surface area contributed by atoms with E-state index < -0.39 is 0 Å². The van der Waals surface area contributed by atoms with Crippen molar-refractivity contribution in [2.75, 3.05) is 0 Å². The van der Waals surface area contributed by atoms with Gasteiger partial charge in [-0.1, -0.05) is 164 Å². The number of hydrogen-bond acceptors (Lipinski definition) is 3. The van der Waals surface area contributed by atoms with Crippen molar-refractivity contribution < 1.29 is 4.42 Å². The molecule has 0 amide bonds. The second kappa shape index (κ2) is 13.5. The van der Waals surface area contributed by atoms with Crippen LogP contribution in [0.2, 0.25) is 0 Å². The number of benzene rings is 7. The third-order valence-corrected chi connectivity index (χ3v) is 11.6. The highest BCUT2D eigenvalue weighted by Crippen LogP contribution is 2.43. The summed E-state index contributed by atoms with van der Waals surface area (Å²) < 4.78 is 9.45. The van der Waals surface area contributed by atoms with Gasteiger partial charge in [0.05, 0.1) is 22.8 Å². The number of nitrogens with zero attached hydrogens (tertiary/aromatic N) is 1. The molecule has 3 unspecified atom stereocenters. The maximum Gasteiger partial charge on any atom is 0.159 e. The number of para-hydroxylation sites is 1. The van der Waals surface area contributed by atoms with Crippen LogP contribution in [0.15, 0.2) is 199 Å². The molecular weight excluding hydrogens is 683 g/mol. The lowest BCUT2D eigenvalue weighted by molar-refractivity contribution is 0.445. The summed E-state index contributed by atoms with van der Waals surface area (Å²) in [5, 5.41) is 12.5. The molecule has 0 saturated heterocycles. The van der Waals surface area contributed by atoms with E-state index >= 15 is 0 Å². The van der Waals surface area contributed by atoms with Gasteiger partial charge < -0.3 is 14.3 Å². The molecular formula is C52H39N3O. The van der Waals surface area contributed by atoms with Crippen molar-refractivity contribution in [1.29, 1.82) is 0 Å². The third kappa shape index (κ3) is 5.49. The molecule has 0 bridgehead atoms. The lowest BCUT2D eigenvalue weighted by Crippen LogP contribution is -2.39. The van der Waals surface area contributed by atoms with Crippen molar-refractivity contribution in [3.05, 3.63) is 216 Å². The number of fused-ring (bicyclic) bond motifs is 6. The van der Waals surface area contributed by atoms with Crippen molar-refractivity contribution >= 4 is 49.4 Å². The zero-order chi connectivity index (χ0) is 37.0. The Morgan fingerprint density at radius 2 is 1.30 bits per heavy atom. The van der Waals surface area contributed by atoms with Gasteiger partial charge in [0.2, 0.25) is 0 Å². The van der Waals surface area contributed by atoms with E-state index in [4.69, 9.17) is 4.42 Å². The Kier molecular flexibility index (Phi) is 7.82. The second-order valence-electron chi connectivity index (χ2n) is 14.9. The fourth-order valence-corrected chi connectivity index (χ4v) is 8.90. The van der Waals surface area contributed by atoms with E-state index in [-0.39, 0.29) is 12.2 Å². The molecule has 2 aromatic heterocycles. The molecule has 1 aliphatic heterocycles. The van der Waals surface area contributed by atoms with Crippen LogP contribution >= 0.6 is 0 Å². The lowest BCUT2D eigenvalue weighted by atomic mass is 9.92. The number of rotatable bonds is 6. The quantitative estimate of drug-likeness (QED) is 0.180. The van der Waals surface area contributed by atoms with E-state index in [1.165, 1.54) is 38.5 Å². The molecule has 2 N–H and O–H groups in total. The fraction of sp³-hybridized carbons (Fsp3) is 0.0769. The summed E-state index contributed by atoms with van der Waals surface area (Å²) in [6, 6.07) is 59.0. The molecule has 3 atom stereocenters. The molecule has 1 aliphatic carbocycles. The molecule has 56 heavy (non-hydrogen) atoms. The second-order valence-corrected chi connectivity index (χ2v) is 14.9. The molecule has 9 aromatic rings. The highest BCUT2D eigenvalue weighted by atomic mass is 16.3. The zero-order valence-corrected chi connectivity index (χ0v) is 30.8. The molecule has 0 fully saturated rings. The van der Waals surface area contributed by atoms with Crippen LogP contribution in [-0.4, -0.2) is 4.57 Å². The summed E-state index contributed by atoms with van der Waals surface area (Å²) in [5.74, 6) is 0.338. The summed E-state index contributed by atoms with van der Waals surface area (Å²) in [7, 11) is 0. The molecule has 7 aromatic carbocycles. The summed E-state index contributed by atoms with van der Waals surface area (Å²) in [4.78, 5) is 0. The Hall–Kier alpha value is -6.88. The van der Waals surface area contributed by atoms with E-state index in [1.54, 1.807) is 0 Å². The van der Waals surface area contributed by atoms with Gasteiger partial charge in [-0.05, 0) is 64.6 Å². The molecule has 4 nitrogen and oxygen atoms in total. The molecule has 4 heteroatoms. The number of hydrogen-bond donors (Lipinski definition) is 2.